The molecule has 9 heteroatoms. The van der Waals surface area contributed by atoms with Crippen molar-refractivity contribution in [3.05, 3.63) is 42.6 Å². The number of rotatable bonds is 7. The highest BCUT2D eigenvalue weighted by atomic mass is 16.5. The van der Waals surface area contributed by atoms with E-state index < -0.39 is 7.12 Å². The summed E-state index contributed by atoms with van der Waals surface area (Å²) in [5, 5.41) is 27.8. The summed E-state index contributed by atoms with van der Waals surface area (Å²) in [6.07, 6.45) is 10.4. The van der Waals surface area contributed by atoms with Gasteiger partial charge < -0.3 is 14.8 Å². The Balaban J connectivity index is 1.70. The Labute approximate surface area is 157 Å². The summed E-state index contributed by atoms with van der Waals surface area (Å²) in [5.41, 5.74) is 3.03. The van der Waals surface area contributed by atoms with E-state index in [0.29, 0.717) is 11.7 Å². The van der Waals surface area contributed by atoms with Crippen LogP contribution >= 0.6 is 0 Å². The van der Waals surface area contributed by atoms with Gasteiger partial charge >= 0.3 is 7.12 Å². The SMILES string of the molecule is COc1cc(C(CC2CC2)n2cc(-c3ccnn3C)cn2)ncc1B(O)O. The monoisotopic (exact) mass is 367 g/mol. The third-order valence-electron chi connectivity index (χ3n) is 5.05. The van der Waals surface area contributed by atoms with Gasteiger partial charge in [0.05, 0.1) is 30.7 Å². The number of aromatic nitrogens is 5. The zero-order chi connectivity index (χ0) is 19.0. The molecule has 1 atom stereocenters. The van der Waals surface area contributed by atoms with Crippen LogP contribution in [-0.2, 0) is 7.05 Å². The van der Waals surface area contributed by atoms with Gasteiger partial charge in [-0.25, -0.2) is 0 Å². The summed E-state index contributed by atoms with van der Waals surface area (Å²) in [7, 11) is 1.79. The van der Waals surface area contributed by atoms with E-state index >= 15 is 0 Å². The van der Waals surface area contributed by atoms with Gasteiger partial charge in [-0.2, -0.15) is 10.2 Å². The minimum absolute atomic E-state index is 0.0433. The van der Waals surface area contributed by atoms with Crippen molar-refractivity contribution < 1.29 is 14.8 Å². The number of aryl methyl sites for hydroxylation is 1. The van der Waals surface area contributed by atoms with Crippen molar-refractivity contribution in [2.75, 3.05) is 7.11 Å². The summed E-state index contributed by atoms with van der Waals surface area (Å²) in [4.78, 5) is 4.48. The van der Waals surface area contributed by atoms with E-state index in [2.05, 4.69) is 15.2 Å². The van der Waals surface area contributed by atoms with E-state index in [1.807, 2.05) is 34.9 Å². The van der Waals surface area contributed by atoms with Crippen molar-refractivity contribution in [3.8, 4) is 17.0 Å². The topological polar surface area (TPSA) is 98.2 Å². The summed E-state index contributed by atoms with van der Waals surface area (Å²) in [6.45, 7) is 0. The molecule has 1 unspecified atom stereocenters. The van der Waals surface area contributed by atoms with Crippen LogP contribution in [0.3, 0.4) is 0 Å². The lowest BCUT2D eigenvalue weighted by Crippen LogP contribution is -2.32. The summed E-state index contributed by atoms with van der Waals surface area (Å²) in [5.74, 6) is 1.07. The molecule has 140 valence electrons. The first kappa shape index (κ1) is 17.8. The van der Waals surface area contributed by atoms with Crippen molar-refractivity contribution in [3.63, 3.8) is 0 Å². The van der Waals surface area contributed by atoms with Gasteiger partial charge in [0, 0.05) is 42.7 Å². The zero-order valence-electron chi connectivity index (χ0n) is 15.4. The van der Waals surface area contributed by atoms with Gasteiger partial charge in [-0.1, -0.05) is 12.8 Å². The molecule has 1 aliphatic carbocycles. The van der Waals surface area contributed by atoms with E-state index in [0.717, 1.165) is 23.4 Å². The lowest BCUT2D eigenvalue weighted by molar-refractivity contribution is 0.398. The molecule has 8 nitrogen and oxygen atoms in total. The Morgan fingerprint density at radius 2 is 2.11 bits per heavy atom. The first-order valence-electron chi connectivity index (χ1n) is 8.99. The molecule has 2 N–H and O–H groups in total. The summed E-state index contributed by atoms with van der Waals surface area (Å²) in [6, 6.07) is 3.68. The lowest BCUT2D eigenvalue weighted by atomic mass is 9.80. The maximum atomic E-state index is 9.48. The molecule has 3 aromatic heterocycles. The number of ether oxygens (including phenoxy) is 1. The molecule has 3 aromatic rings. The highest BCUT2D eigenvalue weighted by molar-refractivity contribution is 6.59. The normalized spacial score (nSPS) is 15.0. The van der Waals surface area contributed by atoms with Crippen molar-refractivity contribution in [1.29, 1.82) is 0 Å². The predicted molar refractivity (Wildman–Crippen MR) is 101 cm³/mol. The summed E-state index contributed by atoms with van der Waals surface area (Å²) < 4.78 is 9.08. The molecular formula is C18H22BN5O3. The molecule has 0 amide bonds. The number of hydrogen-bond donors (Lipinski definition) is 2. The molecule has 4 rings (SSSR count). The smallest absolute Gasteiger partial charge is 0.493 e. The first-order chi connectivity index (χ1) is 13.1. The van der Waals surface area contributed by atoms with Crippen LogP contribution < -0.4 is 10.2 Å². The van der Waals surface area contributed by atoms with Gasteiger partial charge in [0.25, 0.3) is 0 Å². The number of pyridine rings is 1. The molecule has 0 aromatic carbocycles. The Morgan fingerprint density at radius 1 is 1.30 bits per heavy atom. The van der Waals surface area contributed by atoms with Gasteiger partial charge in [-0.3, -0.25) is 14.3 Å². The fourth-order valence-electron chi connectivity index (χ4n) is 3.35. The molecule has 0 saturated heterocycles. The van der Waals surface area contributed by atoms with Gasteiger partial charge in [-0.15, -0.1) is 0 Å². The van der Waals surface area contributed by atoms with E-state index in [1.54, 1.807) is 12.3 Å². The fraction of sp³-hybridized carbons (Fsp3) is 0.389. The largest absolute Gasteiger partial charge is 0.497 e. The van der Waals surface area contributed by atoms with Crippen LogP contribution in [0, 0.1) is 5.92 Å². The minimum Gasteiger partial charge on any atom is -0.497 e. The third-order valence-corrected chi connectivity index (χ3v) is 5.05. The Hall–Kier alpha value is -2.65. The molecule has 27 heavy (non-hydrogen) atoms. The van der Waals surface area contributed by atoms with Gasteiger partial charge in [-0.05, 0) is 18.4 Å². The number of nitrogens with zero attached hydrogens (tertiary/aromatic N) is 5. The minimum atomic E-state index is -1.62. The molecule has 1 aliphatic rings. The van der Waals surface area contributed by atoms with Gasteiger partial charge in [0.2, 0.25) is 0 Å². The third kappa shape index (κ3) is 3.60. The maximum Gasteiger partial charge on any atom is 0.493 e. The predicted octanol–water partition coefficient (Wildman–Crippen LogP) is 0.756. The van der Waals surface area contributed by atoms with Crippen LogP contribution in [0.1, 0.15) is 31.0 Å². The van der Waals surface area contributed by atoms with Gasteiger partial charge in [0.1, 0.15) is 5.75 Å². The second-order valence-corrected chi connectivity index (χ2v) is 6.97. The van der Waals surface area contributed by atoms with E-state index in [4.69, 9.17) is 4.74 Å². The molecule has 0 radical (unpaired) electrons. The van der Waals surface area contributed by atoms with Gasteiger partial charge in [0.15, 0.2) is 0 Å². The number of methoxy groups -OCH3 is 1. The maximum absolute atomic E-state index is 9.48. The van der Waals surface area contributed by atoms with Crippen LogP contribution in [0.2, 0.25) is 0 Å². The fourth-order valence-corrected chi connectivity index (χ4v) is 3.35. The van der Waals surface area contributed by atoms with Crippen LogP contribution in [-0.4, -0.2) is 48.8 Å². The lowest BCUT2D eigenvalue weighted by Gasteiger charge is -2.19. The molecule has 1 fully saturated rings. The molecular weight excluding hydrogens is 345 g/mol. The number of hydrogen-bond acceptors (Lipinski definition) is 6. The molecule has 0 spiro atoms. The van der Waals surface area contributed by atoms with Crippen LogP contribution in [0.4, 0.5) is 0 Å². The van der Waals surface area contributed by atoms with Crippen LogP contribution in [0.25, 0.3) is 11.3 Å². The quantitative estimate of drug-likeness (QED) is 0.599. The average molecular weight is 367 g/mol. The van der Waals surface area contributed by atoms with Crippen molar-refractivity contribution >= 4 is 12.6 Å². The van der Waals surface area contributed by atoms with E-state index in [9.17, 15) is 10.0 Å². The van der Waals surface area contributed by atoms with Crippen molar-refractivity contribution in [2.24, 2.45) is 13.0 Å². The Kier molecular flexibility index (Phi) is 4.71. The molecule has 0 aliphatic heterocycles. The van der Waals surface area contributed by atoms with Crippen LogP contribution in [0.15, 0.2) is 36.9 Å². The molecule has 3 heterocycles. The standard InChI is InChI=1S/C18H22BN5O3/c1-23-16(5-6-21-23)13-9-22-24(11-13)17(7-12-3-4-12)15-8-18(27-2)14(10-20-15)19(25)26/h5-6,8-12,17,25-26H,3-4,7H2,1-2H3. The van der Waals surface area contributed by atoms with E-state index in [1.165, 1.54) is 26.1 Å². The van der Waals surface area contributed by atoms with Crippen molar-refractivity contribution in [2.45, 2.75) is 25.3 Å². The Bertz CT molecular complexity index is 935. The molecule has 1 saturated carbocycles. The van der Waals surface area contributed by atoms with E-state index in [-0.39, 0.29) is 11.5 Å². The Morgan fingerprint density at radius 3 is 2.74 bits per heavy atom. The molecule has 0 bridgehead atoms. The summed E-state index contributed by atoms with van der Waals surface area (Å²) >= 11 is 0. The first-order valence-corrected chi connectivity index (χ1v) is 8.99. The highest BCUT2D eigenvalue weighted by Crippen LogP contribution is 2.39. The average Bonchev–Trinajstić information content (AvgIpc) is 3.18. The highest BCUT2D eigenvalue weighted by Gasteiger charge is 2.30. The van der Waals surface area contributed by atoms with Crippen molar-refractivity contribution in [1.82, 2.24) is 24.5 Å². The second-order valence-electron chi connectivity index (χ2n) is 6.97. The second kappa shape index (κ2) is 7.17. The zero-order valence-corrected chi connectivity index (χ0v) is 15.4. The van der Waals surface area contributed by atoms with Crippen LogP contribution in [0.5, 0.6) is 5.75 Å².